The Balaban J connectivity index is 3.08. The predicted molar refractivity (Wildman–Crippen MR) is 70.9 cm³/mol. The van der Waals surface area contributed by atoms with Crippen LogP contribution in [0.25, 0.3) is 0 Å². The Morgan fingerprint density at radius 1 is 1.06 bits per heavy atom. The molecular formula is C12H23NO3S. The molecule has 0 atom stereocenters. The number of amides is 1. The van der Waals surface area contributed by atoms with Gasteiger partial charge < -0.3 is 10.5 Å². The number of ether oxygens (including phenoxy) is 1. The smallest absolute Gasteiger partial charge is 0.396 e. The number of nitrogens with two attached hydrogens (primary N) is 1. The van der Waals surface area contributed by atoms with Gasteiger partial charge in [0.1, 0.15) is 6.61 Å². The zero-order valence-electron chi connectivity index (χ0n) is 10.6. The highest BCUT2D eigenvalue weighted by molar-refractivity contribution is 7.99. The third-order valence-corrected chi connectivity index (χ3v) is 3.34. The lowest BCUT2D eigenvalue weighted by atomic mass is 10.1. The SMILES string of the molecule is CCCCCCCCSCCOC(=O)C(N)=O. The van der Waals surface area contributed by atoms with Crippen molar-refractivity contribution < 1.29 is 14.3 Å². The quantitative estimate of drug-likeness (QED) is 0.371. The Bertz CT molecular complexity index is 222. The number of carbonyl (C=O) groups excluding carboxylic acids is 2. The lowest BCUT2D eigenvalue weighted by Gasteiger charge is -2.03. The third kappa shape index (κ3) is 11.6. The molecule has 0 spiro atoms. The van der Waals surface area contributed by atoms with Crippen LogP contribution in [0, 0.1) is 0 Å². The van der Waals surface area contributed by atoms with Gasteiger partial charge in [0.25, 0.3) is 0 Å². The summed E-state index contributed by atoms with van der Waals surface area (Å²) in [6, 6.07) is 0. The largest absolute Gasteiger partial charge is 0.458 e. The van der Waals surface area contributed by atoms with Crippen molar-refractivity contribution in [3.05, 3.63) is 0 Å². The van der Waals surface area contributed by atoms with Crippen LogP contribution in [0.4, 0.5) is 0 Å². The van der Waals surface area contributed by atoms with Crippen molar-refractivity contribution in [3.8, 4) is 0 Å². The van der Waals surface area contributed by atoms with E-state index in [4.69, 9.17) is 5.73 Å². The standard InChI is InChI=1S/C12H23NO3S/c1-2-3-4-5-6-7-9-17-10-8-16-12(15)11(13)14/h2-10H2,1H3,(H2,13,14). The molecule has 1 amide bonds. The molecule has 4 nitrogen and oxygen atoms in total. The lowest BCUT2D eigenvalue weighted by molar-refractivity contribution is -0.152. The fourth-order valence-electron chi connectivity index (χ4n) is 1.35. The Morgan fingerprint density at radius 2 is 1.71 bits per heavy atom. The Hall–Kier alpha value is -0.710. The average Bonchev–Trinajstić information content (AvgIpc) is 2.31. The van der Waals surface area contributed by atoms with Crippen LogP contribution in [0.5, 0.6) is 0 Å². The van der Waals surface area contributed by atoms with Crippen molar-refractivity contribution in [2.24, 2.45) is 5.73 Å². The summed E-state index contributed by atoms with van der Waals surface area (Å²) in [4.78, 5) is 21.0. The molecule has 5 heteroatoms. The van der Waals surface area contributed by atoms with Crippen LogP contribution in [0.3, 0.4) is 0 Å². The summed E-state index contributed by atoms with van der Waals surface area (Å²) in [5.41, 5.74) is 4.74. The number of carbonyl (C=O) groups is 2. The Labute approximate surface area is 108 Å². The molecule has 0 saturated heterocycles. The number of hydrogen-bond acceptors (Lipinski definition) is 4. The van der Waals surface area contributed by atoms with E-state index in [1.54, 1.807) is 11.8 Å². The number of esters is 1. The zero-order chi connectivity index (χ0) is 12.9. The first kappa shape index (κ1) is 16.3. The topological polar surface area (TPSA) is 69.4 Å². The minimum atomic E-state index is -1.02. The third-order valence-electron chi connectivity index (χ3n) is 2.30. The molecule has 0 aliphatic heterocycles. The van der Waals surface area contributed by atoms with Crippen LogP contribution in [0.2, 0.25) is 0 Å². The van der Waals surface area contributed by atoms with Crippen LogP contribution in [-0.4, -0.2) is 30.0 Å². The summed E-state index contributed by atoms with van der Waals surface area (Å²) >= 11 is 1.74. The summed E-state index contributed by atoms with van der Waals surface area (Å²) in [5.74, 6) is -0.148. The zero-order valence-corrected chi connectivity index (χ0v) is 11.4. The normalized spacial score (nSPS) is 10.2. The van der Waals surface area contributed by atoms with E-state index in [1.165, 1.54) is 38.5 Å². The second-order valence-corrected chi connectivity index (χ2v) is 5.11. The molecule has 17 heavy (non-hydrogen) atoms. The summed E-state index contributed by atoms with van der Waals surface area (Å²) in [6.07, 6.45) is 7.73. The molecule has 0 saturated carbocycles. The minimum Gasteiger partial charge on any atom is -0.458 e. The van der Waals surface area contributed by atoms with E-state index in [1.807, 2.05) is 0 Å². The van der Waals surface area contributed by atoms with Gasteiger partial charge in [-0.25, -0.2) is 4.79 Å². The molecule has 0 unspecified atom stereocenters. The van der Waals surface area contributed by atoms with Crippen molar-refractivity contribution in [2.75, 3.05) is 18.1 Å². The van der Waals surface area contributed by atoms with E-state index in [2.05, 4.69) is 11.7 Å². The van der Waals surface area contributed by atoms with Gasteiger partial charge in [0.15, 0.2) is 0 Å². The summed E-state index contributed by atoms with van der Waals surface area (Å²) in [5, 5.41) is 0. The molecule has 100 valence electrons. The molecule has 0 rings (SSSR count). The van der Waals surface area contributed by atoms with Crippen molar-refractivity contribution in [2.45, 2.75) is 45.4 Å². The molecule has 0 aliphatic carbocycles. The first-order valence-corrected chi connectivity index (χ1v) is 7.38. The molecule has 0 heterocycles. The first-order valence-electron chi connectivity index (χ1n) is 6.22. The van der Waals surface area contributed by atoms with Gasteiger partial charge in [0.2, 0.25) is 0 Å². The minimum absolute atomic E-state index is 0.266. The van der Waals surface area contributed by atoms with Gasteiger partial charge in [-0.15, -0.1) is 0 Å². The highest BCUT2D eigenvalue weighted by Gasteiger charge is 2.08. The number of hydrogen-bond donors (Lipinski definition) is 1. The molecule has 0 aliphatic rings. The van der Waals surface area contributed by atoms with Crippen molar-refractivity contribution >= 4 is 23.6 Å². The van der Waals surface area contributed by atoms with Crippen LogP contribution < -0.4 is 5.73 Å². The van der Waals surface area contributed by atoms with E-state index in [9.17, 15) is 9.59 Å². The fourth-order valence-corrected chi connectivity index (χ4v) is 2.16. The second kappa shape index (κ2) is 11.8. The number of primary amides is 1. The van der Waals surface area contributed by atoms with Crippen molar-refractivity contribution in [1.82, 2.24) is 0 Å². The maximum absolute atomic E-state index is 10.7. The van der Waals surface area contributed by atoms with Crippen LogP contribution in [-0.2, 0) is 14.3 Å². The van der Waals surface area contributed by atoms with Gasteiger partial charge in [-0.2, -0.15) is 11.8 Å². The first-order chi connectivity index (χ1) is 8.18. The summed E-state index contributed by atoms with van der Waals surface area (Å²) in [7, 11) is 0. The van der Waals surface area contributed by atoms with Crippen molar-refractivity contribution in [1.29, 1.82) is 0 Å². The second-order valence-electron chi connectivity index (χ2n) is 3.88. The summed E-state index contributed by atoms with van der Waals surface area (Å²) < 4.78 is 4.63. The molecule has 0 aromatic heterocycles. The van der Waals surface area contributed by atoms with E-state index in [-0.39, 0.29) is 6.61 Å². The summed E-state index contributed by atoms with van der Waals surface area (Å²) in [6.45, 7) is 2.48. The van der Waals surface area contributed by atoms with E-state index in [0.29, 0.717) is 0 Å². The lowest BCUT2D eigenvalue weighted by Crippen LogP contribution is -2.26. The molecule has 0 radical (unpaired) electrons. The number of thioether (sulfide) groups is 1. The maximum Gasteiger partial charge on any atom is 0.396 e. The monoisotopic (exact) mass is 261 g/mol. The molecule has 0 aromatic rings. The van der Waals surface area contributed by atoms with Gasteiger partial charge in [0, 0.05) is 5.75 Å². The van der Waals surface area contributed by atoms with E-state index < -0.39 is 11.9 Å². The fraction of sp³-hybridized carbons (Fsp3) is 0.833. The van der Waals surface area contributed by atoms with Crippen LogP contribution in [0.15, 0.2) is 0 Å². The molecule has 0 bridgehead atoms. The Kier molecular flexibility index (Phi) is 11.3. The van der Waals surface area contributed by atoms with Crippen molar-refractivity contribution in [3.63, 3.8) is 0 Å². The average molecular weight is 261 g/mol. The number of unbranched alkanes of at least 4 members (excludes halogenated alkanes) is 5. The van der Waals surface area contributed by atoms with E-state index >= 15 is 0 Å². The highest BCUT2D eigenvalue weighted by Crippen LogP contribution is 2.09. The van der Waals surface area contributed by atoms with Gasteiger partial charge >= 0.3 is 11.9 Å². The Morgan fingerprint density at radius 3 is 2.35 bits per heavy atom. The molecule has 0 fully saturated rings. The van der Waals surface area contributed by atoms with Crippen LogP contribution >= 0.6 is 11.8 Å². The van der Waals surface area contributed by atoms with Gasteiger partial charge in [-0.05, 0) is 12.2 Å². The molecular weight excluding hydrogens is 238 g/mol. The van der Waals surface area contributed by atoms with Crippen LogP contribution in [0.1, 0.15) is 45.4 Å². The maximum atomic E-state index is 10.7. The van der Waals surface area contributed by atoms with E-state index in [0.717, 1.165) is 11.5 Å². The molecule has 2 N–H and O–H groups in total. The van der Waals surface area contributed by atoms with Gasteiger partial charge in [-0.1, -0.05) is 39.0 Å². The predicted octanol–water partition coefficient (Wildman–Crippen LogP) is 2.11. The highest BCUT2D eigenvalue weighted by atomic mass is 32.2. The van der Waals surface area contributed by atoms with Gasteiger partial charge in [-0.3, -0.25) is 4.79 Å². The number of rotatable bonds is 10. The molecule has 0 aromatic carbocycles. The van der Waals surface area contributed by atoms with Gasteiger partial charge in [0.05, 0.1) is 0 Å².